The Morgan fingerprint density at radius 1 is 1.20 bits per heavy atom. The van der Waals surface area contributed by atoms with Gasteiger partial charge in [-0.1, -0.05) is 44.2 Å². The smallest absolute Gasteiger partial charge is 0.285 e. The molecule has 2 aromatic heterocycles. The lowest BCUT2D eigenvalue weighted by Gasteiger charge is -2.09. The average Bonchev–Trinajstić information content (AvgIpc) is 2.92. The number of nitrogens with zero attached hydrogens (tertiary/aromatic N) is 2. The van der Waals surface area contributed by atoms with Crippen molar-refractivity contribution >= 4 is 5.65 Å². The molecule has 0 aliphatic heterocycles. The van der Waals surface area contributed by atoms with Gasteiger partial charge in [0.05, 0.1) is 0 Å². The molecule has 1 N–H and O–H groups in total. The third-order valence-corrected chi connectivity index (χ3v) is 4.20. The average molecular weight is 349 g/mol. The summed E-state index contributed by atoms with van der Waals surface area (Å²) in [5.41, 5.74) is 0.376. The summed E-state index contributed by atoms with van der Waals surface area (Å²) in [5.74, 6) is -0.427. The number of halogens is 3. The molecule has 0 saturated carbocycles. The molecule has 0 saturated heterocycles. The maximum Gasteiger partial charge on any atom is 0.433 e. The van der Waals surface area contributed by atoms with Gasteiger partial charge in [-0.25, -0.2) is 9.50 Å². The van der Waals surface area contributed by atoms with Crippen LogP contribution in [0.25, 0.3) is 5.65 Å². The van der Waals surface area contributed by atoms with Gasteiger partial charge >= 0.3 is 6.18 Å². The van der Waals surface area contributed by atoms with Gasteiger partial charge in [-0.3, -0.25) is 9.89 Å². The van der Waals surface area contributed by atoms with E-state index in [2.05, 4.69) is 10.1 Å². The van der Waals surface area contributed by atoms with Crippen LogP contribution >= 0.6 is 0 Å². The van der Waals surface area contributed by atoms with Crippen LogP contribution in [-0.2, 0) is 12.6 Å². The van der Waals surface area contributed by atoms with Gasteiger partial charge in [-0.2, -0.15) is 13.2 Å². The highest BCUT2D eigenvalue weighted by Crippen LogP contribution is 2.35. The Bertz CT molecular complexity index is 969. The highest BCUT2D eigenvalue weighted by atomic mass is 19.4. The van der Waals surface area contributed by atoms with E-state index in [0.717, 1.165) is 10.1 Å². The fourth-order valence-electron chi connectivity index (χ4n) is 3.00. The molecule has 1 aromatic carbocycles. The quantitative estimate of drug-likeness (QED) is 0.775. The van der Waals surface area contributed by atoms with Crippen molar-refractivity contribution in [1.29, 1.82) is 0 Å². The fourth-order valence-corrected chi connectivity index (χ4v) is 3.00. The summed E-state index contributed by atoms with van der Waals surface area (Å²) in [4.78, 5) is 17.1. The normalized spacial score (nSPS) is 12.3. The van der Waals surface area contributed by atoms with Crippen molar-refractivity contribution in [1.82, 2.24) is 14.6 Å². The van der Waals surface area contributed by atoms with Crippen LogP contribution in [0.3, 0.4) is 0 Å². The minimum Gasteiger partial charge on any atom is -0.285 e. The number of aromatic amines is 1. The highest BCUT2D eigenvalue weighted by molar-refractivity contribution is 5.54. The van der Waals surface area contributed by atoms with Crippen molar-refractivity contribution in [2.75, 3.05) is 0 Å². The summed E-state index contributed by atoms with van der Waals surface area (Å²) in [7, 11) is 0. The summed E-state index contributed by atoms with van der Waals surface area (Å²) >= 11 is 0. The molecular formula is C18H18F3N3O. The number of alkyl halides is 3. The predicted molar refractivity (Wildman–Crippen MR) is 88.9 cm³/mol. The van der Waals surface area contributed by atoms with Crippen molar-refractivity contribution < 1.29 is 13.2 Å². The van der Waals surface area contributed by atoms with Gasteiger partial charge in [0.2, 0.25) is 0 Å². The van der Waals surface area contributed by atoms with Crippen molar-refractivity contribution in [2.24, 2.45) is 0 Å². The molecule has 0 amide bonds. The van der Waals surface area contributed by atoms with Crippen LogP contribution in [0.5, 0.6) is 0 Å². The van der Waals surface area contributed by atoms with Gasteiger partial charge < -0.3 is 0 Å². The molecule has 0 aliphatic rings. The van der Waals surface area contributed by atoms with Gasteiger partial charge in [0.1, 0.15) is 5.69 Å². The molecule has 0 bridgehead atoms. The molecule has 0 atom stereocenters. The monoisotopic (exact) mass is 349 g/mol. The first-order valence-corrected chi connectivity index (χ1v) is 7.95. The van der Waals surface area contributed by atoms with Gasteiger partial charge in [0.25, 0.3) is 5.56 Å². The maximum absolute atomic E-state index is 13.4. The van der Waals surface area contributed by atoms with Crippen LogP contribution in [0.1, 0.15) is 47.8 Å². The van der Waals surface area contributed by atoms with E-state index in [0.29, 0.717) is 17.7 Å². The lowest BCUT2D eigenvalue weighted by molar-refractivity contribution is -0.142. The van der Waals surface area contributed by atoms with E-state index < -0.39 is 23.3 Å². The topological polar surface area (TPSA) is 50.2 Å². The minimum absolute atomic E-state index is 0.0129. The molecule has 25 heavy (non-hydrogen) atoms. The van der Waals surface area contributed by atoms with Crippen LogP contribution in [0.4, 0.5) is 13.2 Å². The number of fused-ring (bicyclic) bond motifs is 1. The molecule has 0 radical (unpaired) electrons. The molecule has 132 valence electrons. The Morgan fingerprint density at radius 3 is 2.40 bits per heavy atom. The largest absolute Gasteiger partial charge is 0.433 e. The number of hydrogen-bond acceptors (Lipinski definition) is 2. The van der Waals surface area contributed by atoms with Crippen molar-refractivity contribution in [3.8, 4) is 0 Å². The second kappa shape index (κ2) is 6.06. The highest BCUT2D eigenvalue weighted by Gasteiger charge is 2.38. The zero-order chi connectivity index (χ0) is 18.4. The number of hydrogen-bond donors (Lipinski definition) is 1. The number of nitrogens with one attached hydrogen (secondary N) is 1. The number of rotatable bonds is 3. The molecule has 7 heteroatoms. The van der Waals surface area contributed by atoms with Crippen molar-refractivity contribution in [2.45, 2.75) is 39.3 Å². The molecule has 0 spiro atoms. The molecule has 3 aromatic rings. The van der Waals surface area contributed by atoms with Crippen molar-refractivity contribution in [3.63, 3.8) is 0 Å². The van der Waals surface area contributed by atoms with E-state index in [1.54, 1.807) is 20.8 Å². The van der Waals surface area contributed by atoms with E-state index in [1.165, 1.54) is 0 Å². The second-order valence-corrected chi connectivity index (χ2v) is 6.36. The maximum atomic E-state index is 13.4. The Labute approximate surface area is 142 Å². The molecule has 0 unspecified atom stereocenters. The first kappa shape index (κ1) is 17.3. The molecule has 0 fully saturated rings. The number of benzene rings is 1. The third-order valence-electron chi connectivity index (χ3n) is 4.20. The third kappa shape index (κ3) is 3.06. The van der Waals surface area contributed by atoms with Crippen LogP contribution in [0.15, 0.2) is 35.1 Å². The Hall–Kier alpha value is -2.57. The van der Waals surface area contributed by atoms with Crippen LogP contribution in [0.2, 0.25) is 0 Å². The summed E-state index contributed by atoms with van der Waals surface area (Å²) in [6.07, 6.45) is -4.26. The van der Waals surface area contributed by atoms with E-state index in [-0.39, 0.29) is 11.2 Å². The van der Waals surface area contributed by atoms with E-state index in [1.807, 2.05) is 30.3 Å². The minimum atomic E-state index is -4.58. The fraction of sp³-hybridized carbons (Fsp3) is 0.333. The number of aryl methyl sites for hydroxylation is 1. The summed E-state index contributed by atoms with van der Waals surface area (Å²) < 4.78 is 41.0. The lowest BCUT2D eigenvalue weighted by atomic mass is 10.0. The Kier molecular flexibility index (Phi) is 4.18. The lowest BCUT2D eigenvalue weighted by Crippen LogP contribution is -2.22. The van der Waals surface area contributed by atoms with Crippen molar-refractivity contribution in [3.05, 3.63) is 68.8 Å². The zero-order valence-electron chi connectivity index (χ0n) is 14.1. The Balaban J connectivity index is 2.26. The van der Waals surface area contributed by atoms with E-state index in [9.17, 15) is 18.0 Å². The summed E-state index contributed by atoms with van der Waals surface area (Å²) in [6.45, 7) is 4.96. The predicted octanol–water partition coefficient (Wildman–Crippen LogP) is 4.06. The number of H-pyrrole nitrogens is 1. The van der Waals surface area contributed by atoms with Crippen LogP contribution < -0.4 is 5.56 Å². The molecular weight excluding hydrogens is 331 g/mol. The van der Waals surface area contributed by atoms with E-state index in [4.69, 9.17) is 0 Å². The van der Waals surface area contributed by atoms with Crippen LogP contribution in [-0.4, -0.2) is 14.6 Å². The summed E-state index contributed by atoms with van der Waals surface area (Å²) in [5, 5.41) is 2.22. The molecule has 4 nitrogen and oxygen atoms in total. The molecule has 0 aliphatic carbocycles. The zero-order valence-corrected chi connectivity index (χ0v) is 14.1. The van der Waals surface area contributed by atoms with Gasteiger partial charge in [-0.15, -0.1) is 0 Å². The first-order valence-electron chi connectivity index (χ1n) is 7.95. The van der Waals surface area contributed by atoms with Gasteiger partial charge in [0, 0.05) is 23.2 Å². The SMILES string of the molecule is Cc1nc2c(C(C)C)c(C(F)(F)F)[nH]n2c(=O)c1Cc1ccccc1. The second-order valence-electron chi connectivity index (χ2n) is 6.36. The Morgan fingerprint density at radius 2 is 1.84 bits per heavy atom. The standard InChI is InChI=1S/C18H18F3N3O/c1-10(2)14-15(18(19,20)21)23-24-16(14)22-11(3)13(17(24)25)9-12-7-5-4-6-8-12/h4-8,10,23H,9H2,1-3H3. The number of aromatic nitrogens is 3. The van der Waals surface area contributed by atoms with E-state index >= 15 is 0 Å². The summed E-state index contributed by atoms with van der Waals surface area (Å²) in [6, 6.07) is 9.29. The first-order chi connectivity index (χ1) is 11.7. The van der Waals surface area contributed by atoms with Gasteiger partial charge in [0.15, 0.2) is 5.65 Å². The van der Waals surface area contributed by atoms with Gasteiger partial charge in [-0.05, 0) is 18.4 Å². The molecule has 2 heterocycles. The van der Waals surface area contributed by atoms with Crippen LogP contribution in [0, 0.1) is 6.92 Å². The molecule has 3 rings (SSSR count).